The third-order valence-corrected chi connectivity index (χ3v) is 4.77. The van der Waals surface area contributed by atoms with Crippen LogP contribution in [-0.2, 0) is 4.74 Å². The second-order valence-electron chi connectivity index (χ2n) is 3.02. The van der Waals surface area contributed by atoms with Crippen LogP contribution >= 0.6 is 43.2 Å². The maximum absolute atomic E-state index is 11.6. The van der Waals surface area contributed by atoms with E-state index in [1.54, 1.807) is 6.07 Å². The van der Waals surface area contributed by atoms with Crippen LogP contribution in [0.2, 0.25) is 0 Å². The molecule has 0 aliphatic rings. The van der Waals surface area contributed by atoms with Crippen molar-refractivity contribution in [3.05, 3.63) is 19.2 Å². The summed E-state index contributed by atoms with van der Waals surface area (Å²) in [7, 11) is 0. The van der Waals surface area contributed by atoms with Crippen LogP contribution in [0.25, 0.3) is 0 Å². The number of halogens is 2. The number of ether oxygens (including phenoxy) is 1. The van der Waals surface area contributed by atoms with E-state index in [9.17, 15) is 4.79 Å². The Labute approximate surface area is 104 Å². The van der Waals surface area contributed by atoms with Crippen LogP contribution in [0.1, 0.15) is 23.5 Å². The van der Waals surface area contributed by atoms with E-state index >= 15 is 0 Å². The first-order valence-corrected chi connectivity index (χ1v) is 6.50. The van der Waals surface area contributed by atoms with Gasteiger partial charge in [0.1, 0.15) is 6.61 Å². The molecule has 0 aliphatic heterocycles. The molecule has 0 spiro atoms. The summed E-state index contributed by atoms with van der Waals surface area (Å²) in [5.74, 6) is 0.0232. The van der Waals surface area contributed by atoms with Gasteiger partial charge in [0.05, 0.1) is 14.8 Å². The molecule has 0 N–H and O–H groups in total. The van der Waals surface area contributed by atoms with Crippen LogP contribution in [0.4, 0.5) is 0 Å². The van der Waals surface area contributed by atoms with Crippen molar-refractivity contribution in [2.75, 3.05) is 6.61 Å². The molecule has 1 rings (SSSR count). The number of carbonyl (C=O) groups is 1. The first-order chi connectivity index (χ1) is 6.50. The van der Waals surface area contributed by atoms with Crippen LogP contribution in [0.15, 0.2) is 14.3 Å². The second-order valence-corrected chi connectivity index (χ2v) is 6.24. The zero-order valence-corrected chi connectivity index (χ0v) is 11.8. The molecule has 0 saturated heterocycles. The summed E-state index contributed by atoms with van der Waals surface area (Å²) in [4.78, 5) is 12.3. The quantitative estimate of drug-likeness (QED) is 0.777. The third kappa shape index (κ3) is 3.46. The molecule has 1 heterocycles. The van der Waals surface area contributed by atoms with Gasteiger partial charge in [-0.15, -0.1) is 11.3 Å². The Balaban J connectivity index is 2.61. The summed E-state index contributed by atoms with van der Waals surface area (Å²) in [5.41, 5.74) is 0. The number of rotatable bonds is 4. The average molecular weight is 342 g/mol. The lowest BCUT2D eigenvalue weighted by Gasteiger charge is -2.04. The van der Waals surface area contributed by atoms with Gasteiger partial charge in [0.25, 0.3) is 0 Å². The molecule has 0 atom stereocenters. The molecule has 0 aliphatic carbocycles. The summed E-state index contributed by atoms with van der Waals surface area (Å²) < 4.78 is 7.08. The van der Waals surface area contributed by atoms with Gasteiger partial charge in [0.2, 0.25) is 0 Å². The molecular weight excluding hydrogens is 332 g/mol. The Bertz CT molecular complexity index is 314. The van der Waals surface area contributed by atoms with Crippen molar-refractivity contribution in [2.24, 2.45) is 0 Å². The highest BCUT2D eigenvalue weighted by Gasteiger charge is 2.12. The molecule has 0 radical (unpaired) electrons. The molecule has 1 aromatic rings. The van der Waals surface area contributed by atoms with E-state index in [-0.39, 0.29) is 18.5 Å². The number of carbonyl (C=O) groups excluding carboxylic acids is 1. The summed E-state index contributed by atoms with van der Waals surface area (Å²) >= 11 is 8.09. The molecule has 0 fully saturated rings. The van der Waals surface area contributed by atoms with E-state index in [1.165, 1.54) is 11.3 Å². The summed E-state index contributed by atoms with van der Waals surface area (Å²) in [6.45, 7) is 3.97. The van der Waals surface area contributed by atoms with Crippen LogP contribution in [0.5, 0.6) is 0 Å². The first-order valence-electron chi connectivity index (χ1n) is 4.10. The standard InChI is InChI=1S/C9H10Br2O2S/c1-5(2)13-4-7(12)8-3-6(10)9(11)14-8/h3,5H,4H2,1-2H3. The fourth-order valence-corrected chi connectivity index (χ4v) is 2.76. The van der Waals surface area contributed by atoms with Gasteiger partial charge < -0.3 is 4.74 Å². The average Bonchev–Trinajstić information content (AvgIpc) is 2.43. The Hall–Kier alpha value is 0.290. The van der Waals surface area contributed by atoms with E-state index in [2.05, 4.69) is 31.9 Å². The molecule has 78 valence electrons. The lowest BCUT2D eigenvalue weighted by Crippen LogP contribution is -2.12. The molecule has 0 amide bonds. The van der Waals surface area contributed by atoms with E-state index in [0.717, 1.165) is 8.26 Å². The maximum atomic E-state index is 11.6. The number of ketones is 1. The number of hydrogen-bond donors (Lipinski definition) is 0. The van der Waals surface area contributed by atoms with E-state index in [4.69, 9.17) is 4.74 Å². The third-order valence-electron chi connectivity index (χ3n) is 1.47. The molecule has 14 heavy (non-hydrogen) atoms. The molecule has 0 bridgehead atoms. The van der Waals surface area contributed by atoms with Gasteiger partial charge in [0, 0.05) is 4.47 Å². The van der Waals surface area contributed by atoms with E-state index < -0.39 is 0 Å². The van der Waals surface area contributed by atoms with E-state index in [0.29, 0.717) is 4.88 Å². The molecule has 0 unspecified atom stereocenters. The Morgan fingerprint density at radius 1 is 1.57 bits per heavy atom. The monoisotopic (exact) mass is 340 g/mol. The minimum atomic E-state index is 0.0232. The van der Waals surface area contributed by atoms with Crippen molar-refractivity contribution in [3.8, 4) is 0 Å². The zero-order valence-electron chi connectivity index (χ0n) is 7.84. The summed E-state index contributed by atoms with van der Waals surface area (Å²) in [6.07, 6.45) is 0.0887. The highest BCUT2D eigenvalue weighted by molar-refractivity contribution is 9.13. The lowest BCUT2D eigenvalue weighted by molar-refractivity contribution is 0.0588. The lowest BCUT2D eigenvalue weighted by atomic mass is 10.3. The minimum absolute atomic E-state index is 0.0232. The maximum Gasteiger partial charge on any atom is 0.198 e. The first kappa shape index (κ1) is 12.4. The SMILES string of the molecule is CC(C)OCC(=O)c1cc(Br)c(Br)s1. The minimum Gasteiger partial charge on any atom is -0.371 e. The fraction of sp³-hybridized carbons (Fsp3) is 0.444. The largest absolute Gasteiger partial charge is 0.371 e. The second kappa shape index (κ2) is 5.39. The van der Waals surface area contributed by atoms with Gasteiger partial charge in [0.15, 0.2) is 5.78 Å². The van der Waals surface area contributed by atoms with Gasteiger partial charge >= 0.3 is 0 Å². The number of thiophene rings is 1. The molecule has 5 heteroatoms. The smallest absolute Gasteiger partial charge is 0.198 e. The Morgan fingerprint density at radius 2 is 2.21 bits per heavy atom. The fourth-order valence-electron chi connectivity index (χ4n) is 0.797. The van der Waals surface area contributed by atoms with Crippen molar-refractivity contribution < 1.29 is 9.53 Å². The van der Waals surface area contributed by atoms with Crippen molar-refractivity contribution in [2.45, 2.75) is 20.0 Å². The van der Waals surface area contributed by atoms with Crippen molar-refractivity contribution in [1.29, 1.82) is 0 Å². The van der Waals surface area contributed by atoms with Crippen LogP contribution in [0.3, 0.4) is 0 Å². The Morgan fingerprint density at radius 3 is 2.64 bits per heavy atom. The van der Waals surface area contributed by atoms with Crippen molar-refractivity contribution in [1.82, 2.24) is 0 Å². The van der Waals surface area contributed by atoms with E-state index in [1.807, 2.05) is 13.8 Å². The molecule has 2 nitrogen and oxygen atoms in total. The topological polar surface area (TPSA) is 26.3 Å². The van der Waals surface area contributed by atoms with Crippen molar-refractivity contribution >= 4 is 49.0 Å². The highest BCUT2D eigenvalue weighted by Crippen LogP contribution is 2.32. The summed E-state index contributed by atoms with van der Waals surface area (Å²) in [5, 5.41) is 0. The molecule has 0 saturated carbocycles. The summed E-state index contributed by atoms with van der Waals surface area (Å²) in [6, 6.07) is 1.81. The molecule has 1 aromatic heterocycles. The predicted molar refractivity (Wildman–Crippen MR) is 65.1 cm³/mol. The van der Waals surface area contributed by atoms with Gasteiger partial charge in [-0.1, -0.05) is 0 Å². The van der Waals surface area contributed by atoms with Gasteiger partial charge in [-0.05, 0) is 51.8 Å². The zero-order chi connectivity index (χ0) is 10.7. The Kier molecular flexibility index (Phi) is 4.76. The molecule has 0 aromatic carbocycles. The van der Waals surface area contributed by atoms with Crippen LogP contribution < -0.4 is 0 Å². The molecular formula is C9H10Br2O2S. The number of hydrogen-bond acceptors (Lipinski definition) is 3. The van der Waals surface area contributed by atoms with Crippen LogP contribution in [-0.4, -0.2) is 18.5 Å². The number of Topliss-reactive ketones (excluding diaryl/α,β-unsaturated/α-hetero) is 1. The van der Waals surface area contributed by atoms with Crippen molar-refractivity contribution in [3.63, 3.8) is 0 Å². The van der Waals surface area contributed by atoms with Gasteiger partial charge in [-0.3, -0.25) is 4.79 Å². The van der Waals surface area contributed by atoms with Gasteiger partial charge in [-0.25, -0.2) is 0 Å². The normalized spacial score (nSPS) is 10.9. The predicted octanol–water partition coefficient (Wildman–Crippen LogP) is 3.88. The van der Waals surface area contributed by atoms with Crippen LogP contribution in [0, 0.1) is 0 Å². The highest BCUT2D eigenvalue weighted by atomic mass is 79.9. The van der Waals surface area contributed by atoms with Gasteiger partial charge in [-0.2, -0.15) is 0 Å².